The Morgan fingerprint density at radius 3 is 2.59 bits per heavy atom. The summed E-state index contributed by atoms with van der Waals surface area (Å²) in [6.45, 7) is 0.184. The summed E-state index contributed by atoms with van der Waals surface area (Å²) in [6, 6.07) is 11.8. The highest BCUT2D eigenvalue weighted by atomic mass is 35.5. The van der Waals surface area contributed by atoms with Crippen LogP contribution in [0.15, 0.2) is 48.5 Å². The number of benzene rings is 2. The molecule has 0 bridgehead atoms. The van der Waals surface area contributed by atoms with E-state index in [4.69, 9.17) is 10.5 Å². The van der Waals surface area contributed by atoms with E-state index < -0.39 is 21.8 Å². The van der Waals surface area contributed by atoms with Crippen LogP contribution in [0.1, 0.15) is 12.0 Å². The molecular weight excluding hydrogens is 395 g/mol. The highest BCUT2D eigenvalue weighted by Crippen LogP contribution is 2.19. The Bertz CT molecular complexity index is 877. The minimum atomic E-state index is -3.18. The molecule has 0 spiro atoms. The van der Waals surface area contributed by atoms with Gasteiger partial charge in [-0.2, -0.15) is 0 Å². The predicted molar refractivity (Wildman–Crippen MR) is 105 cm³/mol. The van der Waals surface area contributed by atoms with Crippen molar-refractivity contribution in [2.75, 3.05) is 17.3 Å². The number of ether oxygens (including phenoxy) is 1. The molecule has 0 saturated heterocycles. The summed E-state index contributed by atoms with van der Waals surface area (Å²) in [4.78, 5) is 12.0. The van der Waals surface area contributed by atoms with Crippen LogP contribution in [-0.2, 0) is 21.2 Å². The first-order valence-corrected chi connectivity index (χ1v) is 10.0. The second kappa shape index (κ2) is 10.2. The van der Waals surface area contributed by atoms with Gasteiger partial charge in [-0.3, -0.25) is 4.79 Å². The number of nitrogens with one attached hydrogen (secondary N) is 1. The molecule has 148 valence electrons. The molecule has 0 aliphatic carbocycles. The topological polar surface area (TPSA) is 98.5 Å². The van der Waals surface area contributed by atoms with E-state index in [0.717, 1.165) is 6.26 Å². The summed E-state index contributed by atoms with van der Waals surface area (Å²) in [5.41, 5.74) is 6.87. The molecule has 0 aliphatic rings. The molecule has 0 radical (unpaired) electrons. The van der Waals surface area contributed by atoms with Crippen LogP contribution in [0.4, 0.5) is 10.1 Å². The van der Waals surface area contributed by atoms with Crippen molar-refractivity contribution in [1.29, 1.82) is 0 Å². The Morgan fingerprint density at radius 1 is 1.22 bits per heavy atom. The van der Waals surface area contributed by atoms with E-state index in [2.05, 4.69) is 5.32 Å². The summed E-state index contributed by atoms with van der Waals surface area (Å²) in [7, 11) is -3.18. The van der Waals surface area contributed by atoms with E-state index in [9.17, 15) is 17.6 Å². The van der Waals surface area contributed by atoms with Crippen LogP contribution in [-0.4, -0.2) is 32.4 Å². The molecule has 6 nitrogen and oxygen atoms in total. The lowest BCUT2D eigenvalue weighted by molar-refractivity contribution is -0.117. The van der Waals surface area contributed by atoms with E-state index >= 15 is 0 Å². The van der Waals surface area contributed by atoms with Gasteiger partial charge in [0, 0.05) is 18.0 Å². The van der Waals surface area contributed by atoms with Crippen LogP contribution in [0.3, 0.4) is 0 Å². The SMILES string of the molecule is CS(=O)(=O)CCC(N)C(=O)Nc1cccc(OCc2cccc(F)c2)c1.Cl. The van der Waals surface area contributed by atoms with Crippen LogP contribution < -0.4 is 15.8 Å². The quantitative estimate of drug-likeness (QED) is 0.689. The van der Waals surface area contributed by atoms with Crippen molar-refractivity contribution in [2.45, 2.75) is 19.1 Å². The first-order chi connectivity index (χ1) is 12.2. The lowest BCUT2D eigenvalue weighted by Gasteiger charge is -2.13. The van der Waals surface area contributed by atoms with E-state index in [-0.39, 0.29) is 37.0 Å². The first-order valence-electron chi connectivity index (χ1n) is 7.94. The van der Waals surface area contributed by atoms with Crippen LogP contribution in [0.25, 0.3) is 0 Å². The van der Waals surface area contributed by atoms with Gasteiger partial charge >= 0.3 is 0 Å². The van der Waals surface area contributed by atoms with E-state index in [1.54, 1.807) is 36.4 Å². The van der Waals surface area contributed by atoms with Crippen LogP contribution in [0, 0.1) is 5.82 Å². The predicted octanol–water partition coefficient (Wildman–Crippen LogP) is 2.53. The molecule has 1 unspecified atom stereocenters. The van der Waals surface area contributed by atoms with Gasteiger partial charge in [0.15, 0.2) is 0 Å². The van der Waals surface area contributed by atoms with Crippen LogP contribution in [0.2, 0.25) is 0 Å². The molecule has 0 fully saturated rings. The van der Waals surface area contributed by atoms with Gasteiger partial charge in [0.25, 0.3) is 0 Å². The van der Waals surface area contributed by atoms with E-state index in [0.29, 0.717) is 17.0 Å². The molecule has 1 atom stereocenters. The zero-order valence-electron chi connectivity index (χ0n) is 14.7. The molecule has 1 amide bonds. The molecule has 2 aromatic carbocycles. The highest BCUT2D eigenvalue weighted by molar-refractivity contribution is 7.90. The molecule has 3 N–H and O–H groups in total. The number of amides is 1. The fourth-order valence-electron chi connectivity index (χ4n) is 2.16. The van der Waals surface area contributed by atoms with Crippen molar-refractivity contribution < 1.29 is 22.3 Å². The van der Waals surface area contributed by atoms with Crippen LogP contribution in [0.5, 0.6) is 5.75 Å². The van der Waals surface area contributed by atoms with Gasteiger partial charge in [-0.25, -0.2) is 12.8 Å². The van der Waals surface area contributed by atoms with Gasteiger partial charge in [-0.05, 0) is 36.2 Å². The fraction of sp³-hybridized carbons (Fsp3) is 0.278. The van der Waals surface area contributed by atoms with Crippen molar-refractivity contribution in [1.82, 2.24) is 0 Å². The molecule has 0 aromatic heterocycles. The van der Waals surface area contributed by atoms with Gasteiger partial charge in [0.05, 0.1) is 11.8 Å². The first kappa shape index (κ1) is 22.9. The number of carbonyl (C=O) groups excluding carboxylic acids is 1. The normalized spacial score (nSPS) is 12.0. The van der Waals surface area contributed by atoms with Crippen molar-refractivity contribution in [3.05, 3.63) is 59.9 Å². The fourth-order valence-corrected chi connectivity index (χ4v) is 2.85. The number of hydrogen-bond donors (Lipinski definition) is 2. The highest BCUT2D eigenvalue weighted by Gasteiger charge is 2.16. The molecule has 27 heavy (non-hydrogen) atoms. The Balaban J connectivity index is 0.00000364. The van der Waals surface area contributed by atoms with Gasteiger partial charge in [0.2, 0.25) is 5.91 Å². The largest absolute Gasteiger partial charge is 0.489 e. The molecular formula is C18H22ClFN2O4S. The van der Waals surface area contributed by atoms with Crippen molar-refractivity contribution >= 4 is 33.8 Å². The molecule has 9 heteroatoms. The van der Waals surface area contributed by atoms with Gasteiger partial charge in [0.1, 0.15) is 28.0 Å². The smallest absolute Gasteiger partial charge is 0.241 e. The molecule has 0 saturated carbocycles. The second-order valence-corrected chi connectivity index (χ2v) is 8.22. The number of carbonyl (C=O) groups is 1. The van der Waals surface area contributed by atoms with Crippen molar-refractivity contribution in [3.63, 3.8) is 0 Å². The van der Waals surface area contributed by atoms with Gasteiger partial charge in [-0.15, -0.1) is 12.4 Å². The number of nitrogens with two attached hydrogens (primary N) is 1. The van der Waals surface area contributed by atoms with Gasteiger partial charge < -0.3 is 15.8 Å². The van der Waals surface area contributed by atoms with E-state index in [1.807, 2.05) is 0 Å². The Kier molecular flexibility index (Phi) is 8.68. The standard InChI is InChI=1S/C18H21FN2O4S.ClH/c1-26(23,24)9-8-17(20)18(22)21-15-6-3-7-16(11-15)25-12-13-4-2-5-14(19)10-13;/h2-7,10-11,17H,8-9,12,20H2,1H3,(H,21,22);1H. The summed E-state index contributed by atoms with van der Waals surface area (Å²) in [6.07, 6.45) is 1.14. The monoisotopic (exact) mass is 416 g/mol. The zero-order valence-corrected chi connectivity index (χ0v) is 16.4. The average molecular weight is 417 g/mol. The molecule has 0 heterocycles. The molecule has 2 rings (SSSR count). The average Bonchev–Trinajstić information content (AvgIpc) is 2.57. The van der Waals surface area contributed by atoms with Crippen molar-refractivity contribution in [3.8, 4) is 5.75 Å². The number of halogens is 2. The maximum Gasteiger partial charge on any atom is 0.241 e. The zero-order chi connectivity index (χ0) is 19.2. The summed E-state index contributed by atoms with van der Waals surface area (Å²) in [5, 5.41) is 2.63. The Morgan fingerprint density at radius 2 is 1.93 bits per heavy atom. The molecule has 0 aliphatic heterocycles. The summed E-state index contributed by atoms with van der Waals surface area (Å²) < 4.78 is 41.0. The Hall–Kier alpha value is -2.16. The third-order valence-corrected chi connectivity index (χ3v) is 4.51. The number of anilines is 1. The molecule has 2 aromatic rings. The third-order valence-electron chi connectivity index (χ3n) is 3.53. The minimum absolute atomic E-state index is 0. The summed E-state index contributed by atoms with van der Waals surface area (Å²) in [5.74, 6) is -0.471. The maximum atomic E-state index is 13.2. The minimum Gasteiger partial charge on any atom is -0.489 e. The number of hydrogen-bond acceptors (Lipinski definition) is 5. The summed E-state index contributed by atoms with van der Waals surface area (Å²) >= 11 is 0. The van der Waals surface area contributed by atoms with Crippen LogP contribution >= 0.6 is 12.4 Å². The number of rotatable bonds is 8. The lowest BCUT2D eigenvalue weighted by atomic mass is 10.2. The lowest BCUT2D eigenvalue weighted by Crippen LogP contribution is -2.37. The second-order valence-electron chi connectivity index (χ2n) is 5.96. The van der Waals surface area contributed by atoms with Crippen molar-refractivity contribution in [2.24, 2.45) is 5.73 Å². The van der Waals surface area contributed by atoms with Gasteiger partial charge in [-0.1, -0.05) is 18.2 Å². The third kappa shape index (κ3) is 8.38. The Labute approximate surface area is 164 Å². The maximum absolute atomic E-state index is 13.2. The number of sulfone groups is 1. The van der Waals surface area contributed by atoms with E-state index in [1.165, 1.54) is 12.1 Å².